The third-order valence-corrected chi connectivity index (χ3v) is 7.62. The van der Waals surface area contributed by atoms with Crippen molar-refractivity contribution in [3.63, 3.8) is 0 Å². The van der Waals surface area contributed by atoms with Gasteiger partial charge in [-0.2, -0.15) is 4.52 Å². The summed E-state index contributed by atoms with van der Waals surface area (Å²) in [5.41, 5.74) is 2.81. The van der Waals surface area contributed by atoms with Crippen LogP contribution in [0.2, 0.25) is 0 Å². The average Bonchev–Trinajstić information content (AvgIpc) is 3.54. The molecule has 0 fully saturated rings. The molecule has 0 aliphatic carbocycles. The average molecular weight is 539 g/mol. The summed E-state index contributed by atoms with van der Waals surface area (Å²) in [6.07, 6.45) is 0.615. The zero-order chi connectivity index (χ0) is 26.9. The highest BCUT2D eigenvalue weighted by Crippen LogP contribution is 2.32. The maximum atomic E-state index is 12.8. The quantitative estimate of drug-likeness (QED) is 0.318. The van der Waals surface area contributed by atoms with Gasteiger partial charge in [-0.15, -0.1) is 15.3 Å². The number of benzene rings is 2. The zero-order valence-electron chi connectivity index (χ0n) is 21.0. The van der Waals surface area contributed by atoms with Crippen LogP contribution in [0.3, 0.4) is 0 Å². The highest BCUT2D eigenvalue weighted by Gasteiger charge is 2.24. The number of carbonyl (C=O) groups excluding carboxylic acids is 1. The van der Waals surface area contributed by atoms with Crippen LogP contribution >= 0.6 is 0 Å². The minimum atomic E-state index is -3.76. The van der Waals surface area contributed by atoms with E-state index in [-0.39, 0.29) is 29.8 Å². The number of nitrogens with zero attached hydrogens (tertiary/aromatic N) is 5. The first-order chi connectivity index (χ1) is 18.3. The van der Waals surface area contributed by atoms with Gasteiger partial charge in [0.25, 0.3) is 0 Å². The third-order valence-electron chi connectivity index (χ3n) is 6.16. The first-order valence-corrected chi connectivity index (χ1v) is 13.3. The highest BCUT2D eigenvalue weighted by molar-refractivity contribution is 7.89. The van der Waals surface area contributed by atoms with E-state index in [0.717, 1.165) is 11.3 Å². The molecule has 0 atom stereocenters. The van der Waals surface area contributed by atoms with E-state index in [2.05, 4.69) is 20.0 Å². The number of fused-ring (bicyclic) bond motifs is 2. The van der Waals surface area contributed by atoms with E-state index in [9.17, 15) is 13.2 Å². The van der Waals surface area contributed by atoms with Gasteiger partial charge in [-0.05, 0) is 54.4 Å². The molecule has 1 aliphatic rings. The van der Waals surface area contributed by atoms with E-state index in [1.165, 1.54) is 17.5 Å². The van der Waals surface area contributed by atoms with Crippen LogP contribution in [0.5, 0.6) is 17.4 Å². The number of rotatable bonds is 9. The normalized spacial score (nSPS) is 13.0. The van der Waals surface area contributed by atoms with Crippen LogP contribution in [0, 0.1) is 0 Å². The lowest BCUT2D eigenvalue weighted by atomic mass is 10.2. The van der Waals surface area contributed by atoms with Gasteiger partial charge in [0.2, 0.25) is 21.8 Å². The van der Waals surface area contributed by atoms with E-state index >= 15 is 0 Å². The van der Waals surface area contributed by atoms with Crippen molar-refractivity contribution in [2.45, 2.75) is 18.2 Å². The van der Waals surface area contributed by atoms with Crippen LogP contribution in [-0.2, 0) is 21.2 Å². The number of hydrogen-bond acceptors (Lipinski definition) is 9. The van der Waals surface area contributed by atoms with Crippen LogP contribution < -0.4 is 23.8 Å². The van der Waals surface area contributed by atoms with E-state index in [0.29, 0.717) is 41.5 Å². The van der Waals surface area contributed by atoms with Gasteiger partial charge >= 0.3 is 0 Å². The molecule has 38 heavy (non-hydrogen) atoms. The Balaban J connectivity index is 1.25. The lowest BCUT2D eigenvalue weighted by Crippen LogP contribution is -2.28. The van der Waals surface area contributed by atoms with Gasteiger partial charge in [-0.25, -0.2) is 13.1 Å². The summed E-state index contributed by atoms with van der Waals surface area (Å²) in [7, 11) is -0.647. The lowest BCUT2D eigenvalue weighted by Gasteiger charge is -2.15. The number of sulfonamides is 1. The predicted octanol–water partition coefficient (Wildman–Crippen LogP) is 2.07. The predicted molar refractivity (Wildman–Crippen MR) is 138 cm³/mol. The Bertz CT molecular complexity index is 1620. The van der Waals surface area contributed by atoms with Crippen LogP contribution in [-0.4, -0.2) is 68.1 Å². The van der Waals surface area contributed by atoms with Crippen LogP contribution in [0.4, 0.5) is 5.69 Å². The molecule has 3 heterocycles. The zero-order valence-corrected chi connectivity index (χ0v) is 21.9. The number of anilines is 1. The highest BCUT2D eigenvalue weighted by atomic mass is 32.2. The second kappa shape index (κ2) is 10.3. The second-order valence-electron chi connectivity index (χ2n) is 8.49. The third kappa shape index (κ3) is 4.85. The van der Waals surface area contributed by atoms with E-state index in [1.54, 1.807) is 55.5 Å². The van der Waals surface area contributed by atoms with Gasteiger partial charge in [0.15, 0.2) is 23.0 Å². The monoisotopic (exact) mass is 538 g/mol. The molecule has 4 aromatic rings. The maximum Gasteiger partial charge on any atom is 0.240 e. The molecular weight excluding hydrogens is 512 g/mol. The maximum absolute atomic E-state index is 12.8. The SMILES string of the molecule is COc1ccc(-c2nnc3ccc(OCCNS(=O)(=O)c4ccc5c(c4)CCN5C(C)=O)nn23)cc1OC. The Morgan fingerprint density at radius 2 is 1.84 bits per heavy atom. The number of aromatic nitrogens is 4. The molecule has 5 rings (SSSR count). The molecule has 12 nitrogen and oxygen atoms in total. The molecule has 0 spiro atoms. The summed E-state index contributed by atoms with van der Waals surface area (Å²) in [6, 6.07) is 13.5. The fourth-order valence-corrected chi connectivity index (χ4v) is 5.36. The summed E-state index contributed by atoms with van der Waals surface area (Å²) in [6.45, 7) is 2.12. The summed E-state index contributed by atoms with van der Waals surface area (Å²) < 4.78 is 46.0. The summed E-state index contributed by atoms with van der Waals surface area (Å²) in [5.74, 6) is 1.82. The number of hydrogen-bond donors (Lipinski definition) is 1. The van der Waals surface area contributed by atoms with Gasteiger partial charge in [-0.3, -0.25) is 4.79 Å². The summed E-state index contributed by atoms with van der Waals surface area (Å²) in [5, 5.41) is 12.8. The van der Waals surface area contributed by atoms with E-state index in [1.807, 2.05) is 6.07 Å². The fourth-order valence-electron chi connectivity index (χ4n) is 4.29. The number of ether oxygens (including phenoxy) is 3. The van der Waals surface area contributed by atoms with Crippen LogP contribution in [0.15, 0.2) is 53.4 Å². The lowest BCUT2D eigenvalue weighted by molar-refractivity contribution is -0.116. The molecule has 0 saturated heterocycles. The molecule has 0 saturated carbocycles. The Hall–Kier alpha value is -4.23. The van der Waals surface area contributed by atoms with Crippen molar-refractivity contribution in [1.82, 2.24) is 24.5 Å². The van der Waals surface area contributed by atoms with Gasteiger partial charge in [0, 0.05) is 37.3 Å². The standard InChI is InChI=1S/C25H26N6O6S/c1-16(32)30-12-10-17-14-19(5-6-20(17)30)38(33,34)26-11-13-37-24-9-8-23-27-28-25(31(23)29-24)18-4-7-21(35-2)22(15-18)36-3/h4-9,14-15,26H,10-13H2,1-3H3. The van der Waals surface area contributed by atoms with Crippen molar-refractivity contribution < 1.29 is 27.4 Å². The molecule has 0 unspecified atom stereocenters. The molecule has 0 bridgehead atoms. The van der Waals surface area contributed by atoms with Gasteiger partial charge < -0.3 is 19.1 Å². The number of nitrogens with one attached hydrogen (secondary N) is 1. The molecule has 13 heteroatoms. The van der Waals surface area contributed by atoms with E-state index in [4.69, 9.17) is 14.2 Å². The minimum Gasteiger partial charge on any atom is -0.493 e. The van der Waals surface area contributed by atoms with Crippen molar-refractivity contribution in [2.75, 3.05) is 38.8 Å². The summed E-state index contributed by atoms with van der Waals surface area (Å²) in [4.78, 5) is 13.5. The fraction of sp³-hybridized carbons (Fsp3) is 0.280. The molecule has 1 N–H and O–H groups in total. The summed E-state index contributed by atoms with van der Waals surface area (Å²) >= 11 is 0. The van der Waals surface area contributed by atoms with Gasteiger partial charge in [0.1, 0.15) is 6.61 Å². The Morgan fingerprint density at radius 1 is 1.03 bits per heavy atom. The Labute approximate surface area is 219 Å². The molecule has 2 aromatic heterocycles. The number of amides is 1. The van der Waals surface area contributed by atoms with Crippen molar-refractivity contribution in [2.24, 2.45) is 0 Å². The van der Waals surface area contributed by atoms with Crippen molar-refractivity contribution in [3.05, 3.63) is 54.1 Å². The molecule has 0 radical (unpaired) electrons. The topological polar surface area (TPSA) is 137 Å². The largest absolute Gasteiger partial charge is 0.493 e. The Morgan fingerprint density at radius 3 is 2.61 bits per heavy atom. The van der Waals surface area contributed by atoms with Crippen LogP contribution in [0.25, 0.3) is 17.0 Å². The molecule has 1 aliphatic heterocycles. The minimum absolute atomic E-state index is 0.0312. The molecule has 2 aromatic carbocycles. The van der Waals surface area contributed by atoms with Crippen molar-refractivity contribution in [1.29, 1.82) is 0 Å². The second-order valence-corrected chi connectivity index (χ2v) is 10.3. The van der Waals surface area contributed by atoms with Gasteiger partial charge in [-0.1, -0.05) is 0 Å². The van der Waals surface area contributed by atoms with Crippen LogP contribution in [0.1, 0.15) is 12.5 Å². The number of methoxy groups -OCH3 is 2. The van der Waals surface area contributed by atoms with Crippen molar-refractivity contribution >= 4 is 27.3 Å². The molecule has 1 amide bonds. The van der Waals surface area contributed by atoms with E-state index < -0.39 is 10.0 Å². The smallest absolute Gasteiger partial charge is 0.240 e. The first kappa shape index (κ1) is 25.4. The molecule has 198 valence electrons. The first-order valence-electron chi connectivity index (χ1n) is 11.8. The van der Waals surface area contributed by atoms with Crippen molar-refractivity contribution in [3.8, 4) is 28.8 Å². The number of carbonyl (C=O) groups is 1. The van der Waals surface area contributed by atoms with Gasteiger partial charge in [0.05, 0.1) is 19.1 Å². The molecular formula is C25H26N6O6S. The Kier molecular flexibility index (Phi) is 6.87.